The Morgan fingerprint density at radius 1 is 0.967 bits per heavy atom. The maximum absolute atomic E-state index is 13.0. The van der Waals surface area contributed by atoms with Gasteiger partial charge in [0.05, 0.1) is 31.7 Å². The van der Waals surface area contributed by atoms with Crippen molar-refractivity contribution in [2.45, 2.75) is 12.8 Å². The Morgan fingerprint density at radius 2 is 1.67 bits per heavy atom. The van der Waals surface area contributed by atoms with E-state index in [4.69, 9.17) is 13.9 Å². The van der Waals surface area contributed by atoms with Gasteiger partial charge in [-0.15, -0.1) is 0 Å². The Balaban J connectivity index is 1.83. The lowest BCUT2D eigenvalue weighted by Crippen LogP contribution is -2.28. The summed E-state index contributed by atoms with van der Waals surface area (Å²) in [6.45, 7) is 2.46. The lowest BCUT2D eigenvalue weighted by atomic mass is 10.0. The van der Waals surface area contributed by atoms with E-state index in [1.807, 2.05) is 37.3 Å². The van der Waals surface area contributed by atoms with Crippen molar-refractivity contribution < 1.29 is 23.5 Å². The van der Waals surface area contributed by atoms with Crippen LogP contribution in [-0.2, 0) is 0 Å². The van der Waals surface area contributed by atoms with E-state index in [1.165, 1.54) is 26.5 Å². The molecule has 2 N–H and O–H groups in total. The zero-order valence-corrected chi connectivity index (χ0v) is 17.1. The van der Waals surface area contributed by atoms with Gasteiger partial charge in [0.2, 0.25) is 0 Å². The summed E-state index contributed by atoms with van der Waals surface area (Å²) in [5.41, 5.74) is 1.67. The number of benzene rings is 2. The third kappa shape index (κ3) is 4.81. The molecule has 7 nitrogen and oxygen atoms in total. The maximum atomic E-state index is 13.0. The molecule has 1 heterocycles. The number of rotatable bonds is 8. The van der Waals surface area contributed by atoms with Gasteiger partial charge in [0.15, 0.2) is 17.3 Å². The van der Waals surface area contributed by atoms with Crippen LogP contribution in [0, 0.1) is 0 Å². The lowest BCUT2D eigenvalue weighted by Gasteiger charge is -2.17. The first-order valence-corrected chi connectivity index (χ1v) is 9.47. The molecule has 1 atom stereocenters. The van der Waals surface area contributed by atoms with Crippen molar-refractivity contribution in [2.24, 2.45) is 0 Å². The molecule has 3 aromatic rings. The van der Waals surface area contributed by atoms with Crippen LogP contribution in [0.1, 0.15) is 39.3 Å². The molecule has 2 amide bonds. The summed E-state index contributed by atoms with van der Waals surface area (Å²) in [4.78, 5) is 25.4. The Labute approximate surface area is 175 Å². The van der Waals surface area contributed by atoms with Crippen LogP contribution in [0.5, 0.6) is 11.5 Å². The molecule has 7 heteroatoms. The average molecular weight is 408 g/mol. The summed E-state index contributed by atoms with van der Waals surface area (Å²) < 4.78 is 15.8. The smallest absolute Gasteiger partial charge is 0.291 e. The van der Waals surface area contributed by atoms with E-state index in [1.54, 1.807) is 18.2 Å². The quantitative estimate of drug-likeness (QED) is 0.586. The topological polar surface area (TPSA) is 89.8 Å². The Bertz CT molecular complexity index is 1000. The number of anilines is 1. The summed E-state index contributed by atoms with van der Waals surface area (Å²) in [5.74, 6) is 0.217. The predicted molar refractivity (Wildman–Crippen MR) is 113 cm³/mol. The highest BCUT2D eigenvalue weighted by atomic mass is 16.5. The molecule has 30 heavy (non-hydrogen) atoms. The third-order valence-electron chi connectivity index (χ3n) is 4.70. The van der Waals surface area contributed by atoms with Gasteiger partial charge in [-0.2, -0.15) is 0 Å². The van der Waals surface area contributed by atoms with Crippen molar-refractivity contribution >= 4 is 17.5 Å². The van der Waals surface area contributed by atoms with Crippen LogP contribution in [0.4, 0.5) is 5.69 Å². The van der Waals surface area contributed by atoms with Crippen molar-refractivity contribution in [3.8, 4) is 11.5 Å². The second kappa shape index (κ2) is 9.65. The number of hydrogen-bond acceptors (Lipinski definition) is 5. The Kier molecular flexibility index (Phi) is 6.75. The van der Waals surface area contributed by atoms with E-state index in [0.29, 0.717) is 23.7 Å². The van der Waals surface area contributed by atoms with E-state index in [2.05, 4.69) is 10.6 Å². The van der Waals surface area contributed by atoms with Gasteiger partial charge in [-0.1, -0.05) is 37.3 Å². The largest absolute Gasteiger partial charge is 0.493 e. The number of amides is 2. The minimum atomic E-state index is -0.473. The fourth-order valence-corrected chi connectivity index (χ4v) is 3.00. The zero-order chi connectivity index (χ0) is 21.5. The summed E-state index contributed by atoms with van der Waals surface area (Å²) in [7, 11) is 2.97. The number of nitrogens with one attached hydrogen (secondary N) is 2. The van der Waals surface area contributed by atoms with Crippen molar-refractivity contribution in [3.63, 3.8) is 0 Å². The van der Waals surface area contributed by atoms with E-state index in [9.17, 15) is 9.59 Å². The van der Waals surface area contributed by atoms with Crippen molar-refractivity contribution in [1.82, 2.24) is 5.32 Å². The molecule has 0 saturated carbocycles. The first-order valence-electron chi connectivity index (χ1n) is 9.47. The molecule has 156 valence electrons. The van der Waals surface area contributed by atoms with E-state index in [0.717, 1.165) is 5.56 Å². The minimum absolute atomic E-state index is 0.122. The third-order valence-corrected chi connectivity index (χ3v) is 4.70. The van der Waals surface area contributed by atoms with E-state index < -0.39 is 5.91 Å². The first-order chi connectivity index (χ1) is 14.5. The number of methoxy groups -OCH3 is 2. The SMILES string of the molecule is COc1cc(NC(=O)c2ccco2)c(C(=O)NC[C@H](C)c2ccccc2)cc1OC. The molecule has 3 rings (SSSR count). The standard InChI is InChI=1S/C23H24N2O5/c1-15(16-8-5-4-6-9-16)14-24-22(26)17-12-20(28-2)21(29-3)13-18(17)25-23(27)19-10-7-11-30-19/h4-13,15H,14H2,1-3H3,(H,24,26)(H,25,27)/t15-/m0/s1. The number of furan rings is 1. The van der Waals surface area contributed by atoms with Gasteiger partial charge >= 0.3 is 0 Å². The normalized spacial score (nSPS) is 11.4. The van der Waals surface area contributed by atoms with Gasteiger partial charge in [0, 0.05) is 12.6 Å². The summed E-state index contributed by atoms with van der Waals surface area (Å²) >= 11 is 0. The molecular formula is C23H24N2O5. The molecule has 0 radical (unpaired) electrons. The van der Waals surface area contributed by atoms with Crippen LogP contribution in [0.25, 0.3) is 0 Å². The fourth-order valence-electron chi connectivity index (χ4n) is 3.00. The predicted octanol–water partition coefficient (Wildman–Crippen LogP) is 4.08. The molecule has 0 unspecified atom stereocenters. The van der Waals surface area contributed by atoms with Crippen molar-refractivity contribution in [3.05, 3.63) is 77.7 Å². The molecule has 0 aliphatic rings. The van der Waals surface area contributed by atoms with Gasteiger partial charge < -0.3 is 24.5 Å². The summed E-state index contributed by atoms with van der Waals surface area (Å²) in [6.07, 6.45) is 1.40. The van der Waals surface area contributed by atoms with Gasteiger partial charge in [-0.25, -0.2) is 0 Å². The van der Waals surface area contributed by atoms with Crippen LogP contribution in [0.3, 0.4) is 0 Å². The molecule has 0 saturated heterocycles. The molecule has 0 fully saturated rings. The molecule has 0 aliphatic carbocycles. The summed E-state index contributed by atoms with van der Waals surface area (Å²) in [5, 5.41) is 5.63. The van der Waals surface area contributed by atoms with Gasteiger partial charge in [-0.05, 0) is 29.7 Å². The number of carbonyl (C=O) groups excluding carboxylic acids is 2. The molecule has 0 spiro atoms. The van der Waals surface area contributed by atoms with Crippen molar-refractivity contribution in [2.75, 3.05) is 26.1 Å². The van der Waals surface area contributed by atoms with E-state index in [-0.39, 0.29) is 23.1 Å². The molecule has 0 aliphatic heterocycles. The monoisotopic (exact) mass is 408 g/mol. The average Bonchev–Trinajstić information content (AvgIpc) is 3.32. The first kappa shape index (κ1) is 21.0. The van der Waals surface area contributed by atoms with Gasteiger partial charge in [0.25, 0.3) is 11.8 Å². The Morgan fingerprint density at radius 3 is 2.30 bits per heavy atom. The lowest BCUT2D eigenvalue weighted by molar-refractivity contribution is 0.0952. The number of ether oxygens (including phenoxy) is 2. The highest BCUT2D eigenvalue weighted by Crippen LogP contribution is 2.33. The molecule has 0 bridgehead atoms. The van der Waals surface area contributed by atoms with Crippen LogP contribution in [0.2, 0.25) is 0 Å². The van der Waals surface area contributed by atoms with Crippen LogP contribution >= 0.6 is 0 Å². The zero-order valence-electron chi connectivity index (χ0n) is 17.1. The number of carbonyl (C=O) groups is 2. The second-order valence-corrected chi connectivity index (χ2v) is 6.71. The molecule has 1 aromatic heterocycles. The maximum Gasteiger partial charge on any atom is 0.291 e. The van der Waals surface area contributed by atoms with Gasteiger partial charge in [-0.3, -0.25) is 9.59 Å². The number of hydrogen-bond donors (Lipinski definition) is 2. The minimum Gasteiger partial charge on any atom is -0.493 e. The second-order valence-electron chi connectivity index (χ2n) is 6.71. The fraction of sp³-hybridized carbons (Fsp3) is 0.217. The highest BCUT2D eigenvalue weighted by Gasteiger charge is 2.20. The van der Waals surface area contributed by atoms with Crippen molar-refractivity contribution in [1.29, 1.82) is 0 Å². The van der Waals surface area contributed by atoms with Gasteiger partial charge in [0.1, 0.15) is 0 Å². The van der Waals surface area contributed by atoms with E-state index >= 15 is 0 Å². The van der Waals surface area contributed by atoms with Crippen LogP contribution in [0.15, 0.2) is 65.3 Å². The highest BCUT2D eigenvalue weighted by molar-refractivity contribution is 6.08. The molecular weight excluding hydrogens is 384 g/mol. The molecule has 2 aromatic carbocycles. The van der Waals surface area contributed by atoms with Crippen LogP contribution in [-0.4, -0.2) is 32.6 Å². The van der Waals surface area contributed by atoms with Crippen LogP contribution < -0.4 is 20.1 Å². The summed E-state index contributed by atoms with van der Waals surface area (Å²) in [6, 6.07) is 16.2. The Hall–Kier alpha value is -3.74.